The fourth-order valence-corrected chi connectivity index (χ4v) is 2.24. The number of methoxy groups -OCH3 is 1. The van der Waals surface area contributed by atoms with Crippen molar-refractivity contribution >= 4 is 6.03 Å². The van der Waals surface area contributed by atoms with E-state index in [2.05, 4.69) is 24.5 Å². The van der Waals surface area contributed by atoms with Gasteiger partial charge in [-0.3, -0.25) is 0 Å². The van der Waals surface area contributed by atoms with E-state index >= 15 is 0 Å². The van der Waals surface area contributed by atoms with E-state index in [0.717, 1.165) is 22.6 Å². The number of nitrogens with one attached hydrogen (secondary N) is 2. The highest BCUT2D eigenvalue weighted by Crippen LogP contribution is 2.16. The minimum atomic E-state index is -0.217. The molecule has 5 nitrogen and oxygen atoms in total. The molecule has 0 spiro atoms. The van der Waals surface area contributed by atoms with E-state index in [9.17, 15) is 4.79 Å². The quantitative estimate of drug-likeness (QED) is 0.768. The molecule has 0 unspecified atom stereocenters. The van der Waals surface area contributed by atoms with Gasteiger partial charge in [-0.05, 0) is 29.7 Å². The maximum absolute atomic E-state index is 11.9. The largest absolute Gasteiger partial charge is 0.496 e. The molecular weight excluding hydrogens is 316 g/mol. The third-order valence-electron chi connectivity index (χ3n) is 3.59. The van der Waals surface area contributed by atoms with Gasteiger partial charge in [0.25, 0.3) is 0 Å². The van der Waals surface area contributed by atoms with Crippen LogP contribution in [-0.2, 0) is 13.1 Å². The lowest BCUT2D eigenvalue weighted by molar-refractivity contribution is 0.240. The van der Waals surface area contributed by atoms with Gasteiger partial charge in [-0.15, -0.1) is 0 Å². The Kier molecular flexibility index (Phi) is 7.14. The lowest BCUT2D eigenvalue weighted by atomic mass is 10.2. The second kappa shape index (κ2) is 9.57. The SMILES string of the molecule is COc1ccccc1CNC(=O)NCc1ccc(OCC(C)C)cc1. The molecule has 0 heterocycles. The topological polar surface area (TPSA) is 59.6 Å². The van der Waals surface area contributed by atoms with Crippen molar-refractivity contribution in [2.75, 3.05) is 13.7 Å². The van der Waals surface area contributed by atoms with Gasteiger partial charge in [0.05, 0.1) is 13.7 Å². The summed E-state index contributed by atoms with van der Waals surface area (Å²) in [4.78, 5) is 11.9. The van der Waals surface area contributed by atoms with Gasteiger partial charge in [-0.25, -0.2) is 4.79 Å². The fourth-order valence-electron chi connectivity index (χ4n) is 2.24. The first-order chi connectivity index (χ1) is 12.1. The Morgan fingerprint density at radius 3 is 2.36 bits per heavy atom. The lowest BCUT2D eigenvalue weighted by Crippen LogP contribution is -2.34. The van der Waals surface area contributed by atoms with E-state index in [0.29, 0.717) is 25.6 Å². The van der Waals surface area contributed by atoms with E-state index < -0.39 is 0 Å². The minimum Gasteiger partial charge on any atom is -0.496 e. The van der Waals surface area contributed by atoms with Gasteiger partial charge in [0.2, 0.25) is 0 Å². The number of benzene rings is 2. The second-order valence-corrected chi connectivity index (χ2v) is 6.20. The average Bonchev–Trinajstić information content (AvgIpc) is 2.64. The second-order valence-electron chi connectivity index (χ2n) is 6.20. The van der Waals surface area contributed by atoms with Crippen LogP contribution in [0.4, 0.5) is 4.79 Å². The van der Waals surface area contributed by atoms with Crippen LogP contribution in [0.3, 0.4) is 0 Å². The Morgan fingerprint density at radius 2 is 1.68 bits per heavy atom. The Bertz CT molecular complexity index is 669. The van der Waals surface area contributed by atoms with E-state index in [4.69, 9.17) is 9.47 Å². The van der Waals surface area contributed by atoms with E-state index in [1.54, 1.807) is 7.11 Å². The molecule has 2 aromatic carbocycles. The van der Waals surface area contributed by atoms with Crippen molar-refractivity contribution in [3.63, 3.8) is 0 Å². The summed E-state index contributed by atoms with van der Waals surface area (Å²) in [6, 6.07) is 15.2. The van der Waals surface area contributed by atoms with Crippen molar-refractivity contribution < 1.29 is 14.3 Å². The molecule has 0 saturated heterocycles. The monoisotopic (exact) mass is 342 g/mol. The van der Waals surface area contributed by atoms with Crippen LogP contribution in [-0.4, -0.2) is 19.7 Å². The van der Waals surface area contributed by atoms with Crippen LogP contribution in [0.5, 0.6) is 11.5 Å². The van der Waals surface area contributed by atoms with Crippen LogP contribution in [0.25, 0.3) is 0 Å². The standard InChI is InChI=1S/C20H26N2O3/c1-15(2)14-25-18-10-8-16(9-11-18)12-21-20(23)22-13-17-6-4-5-7-19(17)24-3/h4-11,15H,12-14H2,1-3H3,(H2,21,22,23). The normalized spacial score (nSPS) is 10.4. The number of carbonyl (C=O) groups excluding carboxylic acids is 1. The molecule has 0 aromatic heterocycles. The van der Waals surface area contributed by atoms with Crippen LogP contribution in [0.2, 0.25) is 0 Å². The van der Waals surface area contributed by atoms with Gasteiger partial charge in [0.1, 0.15) is 11.5 Å². The van der Waals surface area contributed by atoms with Gasteiger partial charge < -0.3 is 20.1 Å². The molecule has 134 valence electrons. The highest BCUT2D eigenvalue weighted by Gasteiger charge is 2.05. The summed E-state index contributed by atoms with van der Waals surface area (Å²) in [5.74, 6) is 2.10. The predicted octanol–water partition coefficient (Wildman–Crippen LogP) is 3.73. The average molecular weight is 342 g/mol. The minimum absolute atomic E-state index is 0.217. The molecule has 0 bridgehead atoms. The first-order valence-corrected chi connectivity index (χ1v) is 8.44. The maximum Gasteiger partial charge on any atom is 0.315 e. The summed E-state index contributed by atoms with van der Waals surface area (Å²) >= 11 is 0. The van der Waals surface area contributed by atoms with Crippen LogP contribution in [0.1, 0.15) is 25.0 Å². The number of amides is 2. The van der Waals surface area contributed by atoms with Gasteiger partial charge in [-0.1, -0.05) is 44.2 Å². The molecule has 2 rings (SSSR count). The summed E-state index contributed by atoms with van der Waals surface area (Å²) in [5, 5.41) is 5.68. The van der Waals surface area contributed by atoms with Crippen LogP contribution in [0.15, 0.2) is 48.5 Å². The Morgan fingerprint density at radius 1 is 1.00 bits per heavy atom. The molecule has 2 aromatic rings. The van der Waals surface area contributed by atoms with E-state index in [-0.39, 0.29) is 6.03 Å². The maximum atomic E-state index is 11.9. The molecule has 5 heteroatoms. The lowest BCUT2D eigenvalue weighted by Gasteiger charge is -2.11. The highest BCUT2D eigenvalue weighted by atomic mass is 16.5. The third-order valence-corrected chi connectivity index (χ3v) is 3.59. The summed E-state index contributed by atoms with van der Waals surface area (Å²) < 4.78 is 10.9. The van der Waals surface area contributed by atoms with Crippen LogP contribution in [0, 0.1) is 5.92 Å². The predicted molar refractivity (Wildman–Crippen MR) is 98.8 cm³/mol. The molecule has 2 amide bonds. The molecule has 0 fully saturated rings. The van der Waals surface area contributed by atoms with Gasteiger partial charge in [-0.2, -0.15) is 0 Å². The zero-order chi connectivity index (χ0) is 18.1. The molecule has 0 aliphatic heterocycles. The smallest absolute Gasteiger partial charge is 0.315 e. The molecule has 2 N–H and O–H groups in total. The van der Waals surface area contributed by atoms with Crippen LogP contribution >= 0.6 is 0 Å². The Hall–Kier alpha value is -2.69. The number of rotatable bonds is 8. The van der Waals surface area contributed by atoms with Crippen molar-refractivity contribution in [3.8, 4) is 11.5 Å². The summed E-state index contributed by atoms with van der Waals surface area (Å²) in [6.07, 6.45) is 0. The number of hydrogen-bond donors (Lipinski definition) is 2. The van der Waals surface area contributed by atoms with Gasteiger partial charge >= 0.3 is 6.03 Å². The van der Waals surface area contributed by atoms with E-state index in [1.807, 2.05) is 48.5 Å². The number of hydrogen-bond acceptors (Lipinski definition) is 3. The van der Waals surface area contributed by atoms with Crippen molar-refractivity contribution in [2.24, 2.45) is 5.92 Å². The third kappa shape index (κ3) is 6.37. The van der Waals surface area contributed by atoms with Gasteiger partial charge in [0, 0.05) is 18.7 Å². The number of carbonyl (C=O) groups is 1. The molecule has 0 atom stereocenters. The number of para-hydroxylation sites is 1. The molecule has 0 aliphatic carbocycles. The summed E-state index contributed by atoms with van der Waals surface area (Å²) in [6.45, 7) is 5.80. The first kappa shape index (κ1) is 18.6. The van der Waals surface area contributed by atoms with Crippen molar-refractivity contribution in [2.45, 2.75) is 26.9 Å². The van der Waals surface area contributed by atoms with Crippen molar-refractivity contribution in [1.29, 1.82) is 0 Å². The van der Waals surface area contributed by atoms with Crippen molar-refractivity contribution in [1.82, 2.24) is 10.6 Å². The van der Waals surface area contributed by atoms with Crippen LogP contribution < -0.4 is 20.1 Å². The molecule has 0 aliphatic rings. The molecule has 25 heavy (non-hydrogen) atoms. The number of ether oxygens (including phenoxy) is 2. The highest BCUT2D eigenvalue weighted by molar-refractivity contribution is 5.73. The zero-order valence-electron chi connectivity index (χ0n) is 15.0. The summed E-state index contributed by atoms with van der Waals surface area (Å²) in [7, 11) is 1.62. The summed E-state index contributed by atoms with van der Waals surface area (Å²) in [5.41, 5.74) is 1.95. The van der Waals surface area contributed by atoms with E-state index in [1.165, 1.54) is 0 Å². The Labute approximate surface area is 149 Å². The molecule has 0 saturated carbocycles. The Balaban J connectivity index is 1.76. The molecular formula is C20H26N2O3. The first-order valence-electron chi connectivity index (χ1n) is 8.44. The zero-order valence-corrected chi connectivity index (χ0v) is 15.0. The van der Waals surface area contributed by atoms with Crippen molar-refractivity contribution in [3.05, 3.63) is 59.7 Å². The molecule has 0 radical (unpaired) electrons. The van der Waals surface area contributed by atoms with Gasteiger partial charge in [0.15, 0.2) is 0 Å². The fraction of sp³-hybridized carbons (Fsp3) is 0.350. The number of urea groups is 1.